The number of aliphatic carboxylic acids is 1. The van der Waals surface area contributed by atoms with Crippen molar-refractivity contribution in [2.45, 2.75) is 70.0 Å². The molecule has 236 valence electrons. The summed E-state index contributed by atoms with van der Waals surface area (Å²) < 4.78 is 5.46. The molecule has 44 heavy (non-hydrogen) atoms. The molecule has 3 atom stereocenters. The Bertz CT molecular complexity index is 1380. The Kier molecular flexibility index (Phi) is 11.5. The Labute approximate surface area is 258 Å². The SMILES string of the molecule is CC(C)[C@H](NC(=O)CCC(=O)O)C(=O)N1[C@H](C(=O)N[C@@H](Cc2ccccc2)C(=O)Oc2ccc([N+](=O)[O-])cc2)CSC1(C)C. The highest BCUT2D eigenvalue weighted by Gasteiger charge is 2.49. The lowest BCUT2D eigenvalue weighted by atomic mass is 10.00. The number of nitrogens with zero attached hydrogens (tertiary/aromatic N) is 2. The van der Waals surface area contributed by atoms with Crippen LogP contribution in [0.15, 0.2) is 54.6 Å². The van der Waals surface area contributed by atoms with Gasteiger partial charge in [-0.3, -0.25) is 29.3 Å². The fourth-order valence-corrected chi connectivity index (χ4v) is 5.90. The molecule has 1 saturated heterocycles. The maximum absolute atomic E-state index is 13.9. The predicted molar refractivity (Wildman–Crippen MR) is 162 cm³/mol. The van der Waals surface area contributed by atoms with E-state index >= 15 is 0 Å². The van der Waals surface area contributed by atoms with Crippen LogP contribution in [0.25, 0.3) is 0 Å². The van der Waals surface area contributed by atoms with E-state index in [-0.39, 0.29) is 42.4 Å². The predicted octanol–water partition coefficient (Wildman–Crippen LogP) is 2.91. The maximum atomic E-state index is 13.9. The third-order valence-electron chi connectivity index (χ3n) is 6.99. The minimum Gasteiger partial charge on any atom is -0.481 e. The van der Waals surface area contributed by atoms with E-state index in [0.717, 1.165) is 5.56 Å². The number of hydrogen-bond acceptors (Lipinski definition) is 9. The van der Waals surface area contributed by atoms with Crippen LogP contribution in [0.2, 0.25) is 0 Å². The minimum atomic E-state index is -1.16. The molecule has 0 aromatic heterocycles. The second-order valence-corrected chi connectivity index (χ2v) is 12.7. The van der Waals surface area contributed by atoms with Crippen molar-refractivity contribution in [3.63, 3.8) is 0 Å². The quantitative estimate of drug-likeness (QED) is 0.129. The Hall–Kier alpha value is -4.46. The average Bonchev–Trinajstić information content (AvgIpc) is 3.29. The molecule has 3 amide bonds. The minimum absolute atomic E-state index is 0.0562. The average molecular weight is 629 g/mol. The normalized spacial score (nSPS) is 16.9. The van der Waals surface area contributed by atoms with Crippen molar-refractivity contribution in [1.82, 2.24) is 15.5 Å². The first-order valence-corrected chi connectivity index (χ1v) is 15.0. The van der Waals surface area contributed by atoms with Crippen LogP contribution < -0.4 is 15.4 Å². The third-order valence-corrected chi connectivity index (χ3v) is 8.38. The number of hydrogen-bond donors (Lipinski definition) is 3. The van der Waals surface area contributed by atoms with Crippen molar-refractivity contribution in [2.75, 3.05) is 5.75 Å². The van der Waals surface area contributed by atoms with Gasteiger partial charge in [-0.15, -0.1) is 11.8 Å². The number of thioether (sulfide) groups is 1. The number of amides is 3. The number of nitro benzene ring substituents is 1. The number of nitro groups is 1. The lowest BCUT2D eigenvalue weighted by Crippen LogP contribution is -2.61. The zero-order chi connectivity index (χ0) is 32.6. The fourth-order valence-electron chi connectivity index (χ4n) is 4.68. The molecule has 0 saturated carbocycles. The number of benzene rings is 2. The van der Waals surface area contributed by atoms with Crippen LogP contribution in [0.3, 0.4) is 0 Å². The van der Waals surface area contributed by atoms with E-state index in [2.05, 4.69) is 10.6 Å². The highest BCUT2D eigenvalue weighted by molar-refractivity contribution is 8.00. The molecule has 1 fully saturated rings. The summed E-state index contributed by atoms with van der Waals surface area (Å²) in [5.41, 5.74) is 0.555. The Morgan fingerprint density at radius 1 is 1.05 bits per heavy atom. The van der Waals surface area contributed by atoms with Crippen molar-refractivity contribution in [2.24, 2.45) is 5.92 Å². The number of carbonyl (C=O) groups is 5. The van der Waals surface area contributed by atoms with Gasteiger partial charge in [-0.2, -0.15) is 0 Å². The molecular weight excluding hydrogens is 592 g/mol. The lowest BCUT2D eigenvalue weighted by molar-refractivity contribution is -0.384. The summed E-state index contributed by atoms with van der Waals surface area (Å²) in [5, 5.41) is 25.3. The number of ether oxygens (including phenoxy) is 1. The molecule has 0 radical (unpaired) electrons. The number of rotatable bonds is 13. The molecule has 3 rings (SSSR count). The number of carboxylic acid groups (broad SMARTS) is 1. The Morgan fingerprint density at radius 3 is 2.25 bits per heavy atom. The van der Waals surface area contributed by atoms with Crippen LogP contribution in [-0.4, -0.2) is 73.3 Å². The Balaban J connectivity index is 1.83. The van der Waals surface area contributed by atoms with E-state index in [9.17, 15) is 34.1 Å². The number of esters is 1. The molecule has 0 spiro atoms. The molecule has 13 nitrogen and oxygen atoms in total. The molecule has 0 aliphatic carbocycles. The summed E-state index contributed by atoms with van der Waals surface area (Å²) in [7, 11) is 0. The monoisotopic (exact) mass is 628 g/mol. The van der Waals surface area contributed by atoms with Crippen LogP contribution in [0, 0.1) is 16.0 Å². The highest BCUT2D eigenvalue weighted by Crippen LogP contribution is 2.40. The van der Waals surface area contributed by atoms with Crippen molar-refractivity contribution >= 4 is 47.1 Å². The number of non-ortho nitro benzene ring substituents is 1. The second-order valence-electron chi connectivity index (χ2n) is 11.1. The van der Waals surface area contributed by atoms with Gasteiger partial charge in [0.05, 0.1) is 16.2 Å². The third kappa shape index (κ3) is 9.02. The molecule has 2 aromatic rings. The van der Waals surface area contributed by atoms with Crippen molar-refractivity contribution < 1.29 is 38.7 Å². The largest absolute Gasteiger partial charge is 0.481 e. The molecule has 1 aliphatic rings. The van der Waals surface area contributed by atoms with Gasteiger partial charge >= 0.3 is 11.9 Å². The van der Waals surface area contributed by atoms with Crippen LogP contribution in [0.1, 0.15) is 46.1 Å². The molecule has 3 N–H and O–H groups in total. The van der Waals surface area contributed by atoms with Gasteiger partial charge in [-0.1, -0.05) is 44.2 Å². The molecule has 1 aliphatic heterocycles. The summed E-state index contributed by atoms with van der Waals surface area (Å²) in [4.78, 5) is 75.3. The lowest BCUT2D eigenvalue weighted by Gasteiger charge is -2.38. The van der Waals surface area contributed by atoms with Crippen LogP contribution in [0.5, 0.6) is 5.75 Å². The van der Waals surface area contributed by atoms with Gasteiger partial charge in [0.2, 0.25) is 17.7 Å². The number of nitrogens with one attached hydrogen (secondary N) is 2. The zero-order valence-electron chi connectivity index (χ0n) is 24.8. The molecule has 0 unspecified atom stereocenters. The first kappa shape index (κ1) is 34.0. The number of carboxylic acids is 1. The van der Waals surface area contributed by atoms with Gasteiger partial charge in [-0.05, 0) is 37.5 Å². The van der Waals surface area contributed by atoms with E-state index in [1.165, 1.54) is 40.9 Å². The fraction of sp³-hybridized carbons (Fsp3) is 0.433. The van der Waals surface area contributed by atoms with Crippen LogP contribution >= 0.6 is 11.8 Å². The summed E-state index contributed by atoms with van der Waals surface area (Å²) in [6, 6.07) is 10.7. The first-order chi connectivity index (χ1) is 20.7. The van der Waals surface area contributed by atoms with Gasteiger partial charge in [0.15, 0.2) is 0 Å². The smallest absolute Gasteiger partial charge is 0.334 e. The number of carbonyl (C=O) groups excluding carboxylic acids is 4. The summed E-state index contributed by atoms with van der Waals surface area (Å²) in [6.07, 6.45) is -0.616. The molecule has 1 heterocycles. The van der Waals surface area contributed by atoms with Gasteiger partial charge < -0.3 is 25.4 Å². The Morgan fingerprint density at radius 2 is 1.68 bits per heavy atom. The molecule has 2 aromatic carbocycles. The van der Waals surface area contributed by atoms with Crippen molar-refractivity contribution in [3.8, 4) is 5.75 Å². The van der Waals surface area contributed by atoms with Gasteiger partial charge in [0.25, 0.3) is 5.69 Å². The van der Waals surface area contributed by atoms with Crippen LogP contribution in [0.4, 0.5) is 5.69 Å². The van der Waals surface area contributed by atoms with E-state index in [0.29, 0.717) is 0 Å². The summed E-state index contributed by atoms with van der Waals surface area (Å²) >= 11 is 1.36. The molecular formula is C30H36N4O9S. The second kappa shape index (κ2) is 14.8. The standard InChI is InChI=1S/C30H36N4O9S/c1-18(2)26(32-24(35)14-15-25(36)37)28(39)33-23(17-44-30(33,3)4)27(38)31-22(16-19-8-6-5-7-9-19)29(40)43-21-12-10-20(11-13-21)34(41)42/h5-13,18,22-23,26H,14-17H2,1-4H3,(H,31,38)(H,32,35)(H,36,37)/t22-,23-,26-/m0/s1. The van der Waals surface area contributed by atoms with E-state index < -0.39 is 57.6 Å². The highest BCUT2D eigenvalue weighted by atomic mass is 32.2. The van der Waals surface area contributed by atoms with Gasteiger partial charge in [0, 0.05) is 30.7 Å². The summed E-state index contributed by atoms with van der Waals surface area (Å²) in [6.45, 7) is 7.01. The molecule has 0 bridgehead atoms. The van der Waals surface area contributed by atoms with Crippen molar-refractivity contribution in [3.05, 3.63) is 70.3 Å². The van der Waals surface area contributed by atoms with Crippen LogP contribution in [-0.2, 0) is 30.4 Å². The molecule has 14 heteroatoms. The van der Waals surface area contributed by atoms with Gasteiger partial charge in [0.1, 0.15) is 23.9 Å². The summed E-state index contributed by atoms with van der Waals surface area (Å²) in [5.74, 6) is -3.74. The first-order valence-electron chi connectivity index (χ1n) is 14.0. The maximum Gasteiger partial charge on any atom is 0.334 e. The van der Waals surface area contributed by atoms with Crippen molar-refractivity contribution in [1.29, 1.82) is 0 Å². The van der Waals surface area contributed by atoms with Gasteiger partial charge in [-0.25, -0.2) is 4.79 Å². The van der Waals surface area contributed by atoms with E-state index in [1.807, 2.05) is 0 Å². The van der Waals surface area contributed by atoms with E-state index in [1.54, 1.807) is 58.0 Å². The topological polar surface area (TPSA) is 185 Å². The van der Waals surface area contributed by atoms with E-state index in [4.69, 9.17) is 9.84 Å². The zero-order valence-corrected chi connectivity index (χ0v) is 25.7.